The van der Waals surface area contributed by atoms with E-state index in [0.717, 1.165) is 5.56 Å². The smallest absolute Gasteiger partial charge is 0.306 e. The van der Waals surface area contributed by atoms with Gasteiger partial charge in [-0.15, -0.1) is 0 Å². The van der Waals surface area contributed by atoms with E-state index < -0.39 is 5.97 Å². The zero-order valence-corrected chi connectivity index (χ0v) is 11.3. The minimum atomic E-state index is -0.806. The van der Waals surface area contributed by atoms with Crippen molar-refractivity contribution in [1.29, 1.82) is 0 Å². The maximum Gasteiger partial charge on any atom is 0.306 e. The van der Waals surface area contributed by atoms with Crippen molar-refractivity contribution in [2.24, 2.45) is 11.8 Å². The molecule has 1 amide bonds. The van der Waals surface area contributed by atoms with Gasteiger partial charge in [-0.1, -0.05) is 6.07 Å². The molecule has 1 aromatic heterocycles. The number of aromatic nitrogens is 1. The standard InChI is InChI=1S/C14H18N2O4/c1-20-12-5-2-9(7-15-12)8-16-13(17)10-3-4-11(6-10)14(18)19/h2,5,7,10-11H,3-4,6,8H2,1H3,(H,16,17)(H,18,19). The molecule has 0 radical (unpaired) electrons. The van der Waals surface area contributed by atoms with Crippen LogP contribution in [0.4, 0.5) is 0 Å². The van der Waals surface area contributed by atoms with E-state index in [0.29, 0.717) is 31.7 Å². The third-order valence-electron chi connectivity index (χ3n) is 3.63. The molecule has 1 aliphatic rings. The number of ether oxygens (including phenoxy) is 1. The molecule has 6 nitrogen and oxygen atoms in total. The minimum Gasteiger partial charge on any atom is -0.481 e. The summed E-state index contributed by atoms with van der Waals surface area (Å²) < 4.78 is 4.96. The molecule has 0 aromatic carbocycles. The van der Waals surface area contributed by atoms with Gasteiger partial charge in [0.2, 0.25) is 11.8 Å². The van der Waals surface area contributed by atoms with Crippen LogP contribution in [0.5, 0.6) is 5.88 Å². The third-order valence-corrected chi connectivity index (χ3v) is 3.63. The lowest BCUT2D eigenvalue weighted by Gasteiger charge is -2.10. The van der Waals surface area contributed by atoms with E-state index in [1.165, 1.54) is 0 Å². The average molecular weight is 278 g/mol. The lowest BCUT2D eigenvalue weighted by atomic mass is 10.0. The summed E-state index contributed by atoms with van der Waals surface area (Å²) in [5.74, 6) is -0.930. The normalized spacial score (nSPS) is 21.4. The number of carbonyl (C=O) groups is 2. The van der Waals surface area contributed by atoms with Gasteiger partial charge in [0.1, 0.15) is 0 Å². The summed E-state index contributed by atoms with van der Waals surface area (Å²) >= 11 is 0. The molecule has 2 atom stereocenters. The molecule has 0 bridgehead atoms. The van der Waals surface area contributed by atoms with E-state index in [1.807, 2.05) is 6.07 Å². The summed E-state index contributed by atoms with van der Waals surface area (Å²) in [6, 6.07) is 3.57. The Morgan fingerprint density at radius 2 is 2.15 bits per heavy atom. The highest BCUT2D eigenvalue weighted by molar-refractivity contribution is 5.80. The molecular weight excluding hydrogens is 260 g/mol. The molecule has 6 heteroatoms. The van der Waals surface area contributed by atoms with E-state index in [2.05, 4.69) is 10.3 Å². The lowest BCUT2D eigenvalue weighted by molar-refractivity contribution is -0.141. The van der Waals surface area contributed by atoms with Gasteiger partial charge in [-0.3, -0.25) is 9.59 Å². The van der Waals surface area contributed by atoms with Crippen LogP contribution >= 0.6 is 0 Å². The molecule has 1 fully saturated rings. The zero-order valence-electron chi connectivity index (χ0n) is 11.3. The van der Waals surface area contributed by atoms with Crippen LogP contribution in [0.1, 0.15) is 24.8 Å². The van der Waals surface area contributed by atoms with Gasteiger partial charge in [-0.2, -0.15) is 0 Å². The number of carbonyl (C=O) groups excluding carboxylic acids is 1. The number of amides is 1. The number of carboxylic acid groups (broad SMARTS) is 1. The molecule has 1 aromatic rings. The molecule has 0 aliphatic heterocycles. The molecule has 0 saturated heterocycles. The van der Waals surface area contributed by atoms with Gasteiger partial charge < -0.3 is 15.2 Å². The predicted molar refractivity (Wildman–Crippen MR) is 71.1 cm³/mol. The summed E-state index contributed by atoms with van der Waals surface area (Å²) in [6.45, 7) is 0.393. The number of nitrogens with zero attached hydrogens (tertiary/aromatic N) is 1. The highest BCUT2D eigenvalue weighted by Gasteiger charge is 2.33. The SMILES string of the molecule is COc1ccc(CNC(=O)C2CCC(C(=O)O)C2)cn1. The largest absolute Gasteiger partial charge is 0.481 e. The molecule has 1 saturated carbocycles. The van der Waals surface area contributed by atoms with Gasteiger partial charge in [-0.25, -0.2) is 4.98 Å². The van der Waals surface area contributed by atoms with Crippen molar-refractivity contribution in [3.8, 4) is 5.88 Å². The molecule has 2 N–H and O–H groups in total. The van der Waals surface area contributed by atoms with E-state index in [9.17, 15) is 9.59 Å². The Bertz CT molecular complexity index is 486. The van der Waals surface area contributed by atoms with Crippen LogP contribution in [0.3, 0.4) is 0 Å². The summed E-state index contributed by atoms with van der Waals surface area (Å²) in [4.78, 5) is 26.9. The Labute approximate surface area is 117 Å². The molecule has 2 unspecified atom stereocenters. The summed E-state index contributed by atoms with van der Waals surface area (Å²) in [6.07, 6.45) is 3.30. The second-order valence-corrected chi connectivity index (χ2v) is 4.97. The number of hydrogen-bond donors (Lipinski definition) is 2. The minimum absolute atomic E-state index is 0.0791. The van der Waals surface area contributed by atoms with Crippen LogP contribution in [-0.4, -0.2) is 29.1 Å². The van der Waals surface area contributed by atoms with Gasteiger partial charge in [0, 0.05) is 24.7 Å². The topological polar surface area (TPSA) is 88.5 Å². The fourth-order valence-electron chi connectivity index (χ4n) is 2.41. The number of hydrogen-bond acceptors (Lipinski definition) is 4. The predicted octanol–water partition coefficient (Wildman–Crippen LogP) is 1.21. The van der Waals surface area contributed by atoms with Crippen LogP contribution < -0.4 is 10.1 Å². The number of aliphatic carboxylic acids is 1. The summed E-state index contributed by atoms with van der Waals surface area (Å²) in [5, 5.41) is 11.7. The fourth-order valence-corrected chi connectivity index (χ4v) is 2.41. The quantitative estimate of drug-likeness (QED) is 0.845. The molecule has 1 aliphatic carbocycles. The second kappa shape index (κ2) is 6.36. The molecule has 2 rings (SSSR count). The lowest BCUT2D eigenvalue weighted by Crippen LogP contribution is -2.29. The van der Waals surface area contributed by atoms with E-state index >= 15 is 0 Å². The Morgan fingerprint density at radius 3 is 2.70 bits per heavy atom. The molecule has 1 heterocycles. The Kier molecular flexibility index (Phi) is 4.55. The molecule has 108 valence electrons. The van der Waals surface area contributed by atoms with Crippen molar-refractivity contribution >= 4 is 11.9 Å². The van der Waals surface area contributed by atoms with Crippen molar-refractivity contribution in [2.45, 2.75) is 25.8 Å². The molecule has 0 spiro atoms. The number of carboxylic acids is 1. The van der Waals surface area contributed by atoms with Crippen molar-refractivity contribution in [3.63, 3.8) is 0 Å². The van der Waals surface area contributed by atoms with E-state index in [1.54, 1.807) is 19.4 Å². The highest BCUT2D eigenvalue weighted by Crippen LogP contribution is 2.31. The van der Waals surface area contributed by atoms with E-state index in [4.69, 9.17) is 9.84 Å². The van der Waals surface area contributed by atoms with Gasteiger partial charge >= 0.3 is 5.97 Å². The van der Waals surface area contributed by atoms with Crippen LogP contribution in [0.2, 0.25) is 0 Å². The highest BCUT2D eigenvalue weighted by atomic mass is 16.5. The first kappa shape index (κ1) is 14.3. The van der Waals surface area contributed by atoms with Crippen molar-refractivity contribution in [2.75, 3.05) is 7.11 Å². The van der Waals surface area contributed by atoms with Crippen LogP contribution in [-0.2, 0) is 16.1 Å². The van der Waals surface area contributed by atoms with Crippen LogP contribution in [0, 0.1) is 11.8 Å². The number of rotatable bonds is 5. The first-order valence-corrected chi connectivity index (χ1v) is 6.59. The van der Waals surface area contributed by atoms with Gasteiger partial charge in [0.05, 0.1) is 13.0 Å². The number of methoxy groups -OCH3 is 1. The molecule has 20 heavy (non-hydrogen) atoms. The van der Waals surface area contributed by atoms with Gasteiger partial charge in [0.15, 0.2) is 0 Å². The van der Waals surface area contributed by atoms with Crippen molar-refractivity contribution < 1.29 is 19.4 Å². The summed E-state index contributed by atoms with van der Waals surface area (Å²) in [7, 11) is 1.54. The number of nitrogens with one attached hydrogen (secondary N) is 1. The van der Waals surface area contributed by atoms with Gasteiger partial charge in [0.25, 0.3) is 0 Å². The fraction of sp³-hybridized carbons (Fsp3) is 0.500. The van der Waals surface area contributed by atoms with Crippen molar-refractivity contribution in [1.82, 2.24) is 10.3 Å². The first-order chi connectivity index (χ1) is 9.60. The Balaban J connectivity index is 1.81. The molecular formula is C14H18N2O4. The zero-order chi connectivity index (χ0) is 14.5. The first-order valence-electron chi connectivity index (χ1n) is 6.59. The van der Waals surface area contributed by atoms with E-state index in [-0.39, 0.29) is 17.7 Å². The second-order valence-electron chi connectivity index (χ2n) is 4.97. The van der Waals surface area contributed by atoms with Crippen LogP contribution in [0.15, 0.2) is 18.3 Å². The van der Waals surface area contributed by atoms with Gasteiger partial charge in [-0.05, 0) is 24.8 Å². The monoisotopic (exact) mass is 278 g/mol. The van der Waals surface area contributed by atoms with Crippen molar-refractivity contribution in [3.05, 3.63) is 23.9 Å². The Morgan fingerprint density at radius 1 is 1.40 bits per heavy atom. The third kappa shape index (κ3) is 3.46. The maximum atomic E-state index is 12.0. The number of pyridine rings is 1. The Hall–Kier alpha value is -2.11. The average Bonchev–Trinajstić information content (AvgIpc) is 2.95. The maximum absolute atomic E-state index is 12.0. The van der Waals surface area contributed by atoms with Crippen LogP contribution in [0.25, 0.3) is 0 Å². The summed E-state index contributed by atoms with van der Waals surface area (Å²) in [5.41, 5.74) is 0.881.